The molecule has 2 atom stereocenters. The van der Waals surface area contributed by atoms with Crippen molar-refractivity contribution in [3.05, 3.63) is 78.4 Å². The Morgan fingerprint density at radius 1 is 0.853 bits per heavy atom. The molecule has 7 heteroatoms. The van der Waals surface area contributed by atoms with Gasteiger partial charge in [-0.1, -0.05) is 18.2 Å². The smallest absolute Gasteiger partial charge is 0.229 e. The summed E-state index contributed by atoms with van der Waals surface area (Å²) in [4.78, 5) is 28.4. The van der Waals surface area contributed by atoms with Crippen LogP contribution in [0.15, 0.2) is 72.8 Å². The average molecular weight is 461 g/mol. The van der Waals surface area contributed by atoms with Crippen LogP contribution in [0.4, 0.5) is 11.4 Å². The van der Waals surface area contributed by atoms with Gasteiger partial charge in [0.2, 0.25) is 11.8 Å². The van der Waals surface area contributed by atoms with Crippen molar-refractivity contribution < 1.29 is 23.8 Å². The summed E-state index contributed by atoms with van der Waals surface area (Å²) in [7, 11) is 4.79. The number of carbonyl (C=O) groups excluding carboxylic acids is 2. The largest absolute Gasteiger partial charge is 0.497 e. The Balaban J connectivity index is 1.72. The fraction of sp³-hybridized carbons (Fsp3) is 0.259. The minimum absolute atomic E-state index is 0.0311. The number of anilines is 2. The van der Waals surface area contributed by atoms with E-state index >= 15 is 0 Å². The summed E-state index contributed by atoms with van der Waals surface area (Å²) in [5.74, 6) is 1.42. The molecular weight excluding hydrogens is 432 g/mol. The summed E-state index contributed by atoms with van der Waals surface area (Å²) < 4.78 is 15.9. The van der Waals surface area contributed by atoms with E-state index in [0.29, 0.717) is 35.0 Å². The van der Waals surface area contributed by atoms with E-state index in [1.807, 2.05) is 66.7 Å². The second-order valence-corrected chi connectivity index (χ2v) is 8.05. The lowest BCUT2D eigenvalue weighted by molar-refractivity contribution is -0.125. The summed E-state index contributed by atoms with van der Waals surface area (Å²) in [6, 6.07) is 21.6. The summed E-state index contributed by atoms with van der Waals surface area (Å²) in [6.07, 6.45) is 0.715. The predicted octanol–water partition coefficient (Wildman–Crippen LogP) is 4.84. The molecule has 3 aromatic carbocycles. The normalized spacial score (nSPS) is 17.7. The third kappa shape index (κ3) is 4.83. The molecule has 1 aliphatic rings. The minimum Gasteiger partial charge on any atom is -0.497 e. The monoisotopic (exact) mass is 460 g/mol. The lowest BCUT2D eigenvalue weighted by Gasteiger charge is -2.41. The Labute approximate surface area is 199 Å². The van der Waals surface area contributed by atoms with Crippen LogP contribution < -0.4 is 24.4 Å². The SMILES string of the molecule is COc1ccc(C2C(C(=O)Nc3cccc(OC)c3)CCC(=O)N2c2ccc(OC)cc2)cc1. The van der Waals surface area contributed by atoms with Crippen LogP contribution in [-0.4, -0.2) is 33.1 Å². The zero-order valence-electron chi connectivity index (χ0n) is 19.5. The van der Waals surface area contributed by atoms with Crippen molar-refractivity contribution in [3.8, 4) is 17.2 Å². The molecule has 7 nitrogen and oxygen atoms in total. The van der Waals surface area contributed by atoms with Crippen LogP contribution in [0.25, 0.3) is 0 Å². The van der Waals surface area contributed by atoms with Crippen LogP contribution in [0.3, 0.4) is 0 Å². The van der Waals surface area contributed by atoms with Crippen LogP contribution in [0.2, 0.25) is 0 Å². The van der Waals surface area contributed by atoms with Gasteiger partial charge in [0.1, 0.15) is 17.2 Å². The van der Waals surface area contributed by atoms with E-state index in [1.54, 1.807) is 32.3 Å². The van der Waals surface area contributed by atoms with Gasteiger partial charge in [0.05, 0.1) is 33.3 Å². The first-order chi connectivity index (χ1) is 16.5. The Morgan fingerprint density at radius 3 is 2.09 bits per heavy atom. The van der Waals surface area contributed by atoms with Gasteiger partial charge >= 0.3 is 0 Å². The zero-order valence-corrected chi connectivity index (χ0v) is 19.5. The topological polar surface area (TPSA) is 77.1 Å². The third-order valence-electron chi connectivity index (χ3n) is 6.08. The number of hydrogen-bond acceptors (Lipinski definition) is 5. The van der Waals surface area contributed by atoms with Crippen molar-refractivity contribution in [1.82, 2.24) is 0 Å². The number of methoxy groups -OCH3 is 3. The maximum Gasteiger partial charge on any atom is 0.229 e. The standard InChI is InChI=1S/C27H28N2O5/c1-32-21-11-7-18(8-12-21)26-24(27(31)28-19-5-4-6-23(17-19)34-3)15-16-25(30)29(26)20-9-13-22(33-2)14-10-20/h4-14,17,24,26H,15-16H2,1-3H3,(H,28,31). The molecule has 1 fully saturated rings. The van der Waals surface area contributed by atoms with Gasteiger partial charge in [0.25, 0.3) is 0 Å². The first-order valence-electron chi connectivity index (χ1n) is 11.1. The van der Waals surface area contributed by atoms with Crippen molar-refractivity contribution in [3.63, 3.8) is 0 Å². The number of nitrogens with one attached hydrogen (secondary N) is 1. The number of amides is 2. The molecule has 1 saturated heterocycles. The van der Waals surface area contributed by atoms with Crippen LogP contribution in [-0.2, 0) is 9.59 Å². The van der Waals surface area contributed by atoms with E-state index in [-0.39, 0.29) is 18.2 Å². The van der Waals surface area contributed by atoms with Gasteiger partial charge < -0.3 is 24.4 Å². The molecule has 1 heterocycles. The first-order valence-corrected chi connectivity index (χ1v) is 11.1. The van der Waals surface area contributed by atoms with Gasteiger partial charge in [-0.2, -0.15) is 0 Å². The fourth-order valence-corrected chi connectivity index (χ4v) is 4.33. The van der Waals surface area contributed by atoms with Crippen molar-refractivity contribution in [2.75, 3.05) is 31.5 Å². The van der Waals surface area contributed by atoms with Gasteiger partial charge in [0, 0.05) is 23.9 Å². The van der Waals surface area contributed by atoms with Crippen molar-refractivity contribution in [2.24, 2.45) is 5.92 Å². The maximum absolute atomic E-state index is 13.5. The molecule has 0 aliphatic carbocycles. The van der Waals surface area contributed by atoms with Crippen LogP contribution >= 0.6 is 0 Å². The molecule has 3 aromatic rings. The van der Waals surface area contributed by atoms with Crippen LogP contribution in [0.1, 0.15) is 24.4 Å². The van der Waals surface area contributed by atoms with Crippen molar-refractivity contribution >= 4 is 23.2 Å². The van der Waals surface area contributed by atoms with E-state index in [4.69, 9.17) is 14.2 Å². The number of benzene rings is 3. The van der Waals surface area contributed by atoms with Crippen LogP contribution in [0, 0.1) is 5.92 Å². The molecule has 4 rings (SSSR count). The molecule has 2 amide bonds. The highest BCUT2D eigenvalue weighted by Gasteiger charge is 2.41. The number of rotatable bonds is 7. The second kappa shape index (κ2) is 10.3. The van der Waals surface area contributed by atoms with E-state index in [9.17, 15) is 9.59 Å². The lowest BCUT2D eigenvalue weighted by Crippen LogP contribution is -2.46. The molecule has 2 unspecified atom stereocenters. The maximum atomic E-state index is 13.5. The van der Waals surface area contributed by atoms with Crippen molar-refractivity contribution in [1.29, 1.82) is 0 Å². The molecule has 1 aliphatic heterocycles. The van der Waals surface area contributed by atoms with Gasteiger partial charge in [-0.25, -0.2) is 0 Å². The number of hydrogen-bond donors (Lipinski definition) is 1. The van der Waals surface area contributed by atoms with E-state index in [2.05, 4.69) is 5.32 Å². The highest BCUT2D eigenvalue weighted by atomic mass is 16.5. The van der Waals surface area contributed by atoms with E-state index in [0.717, 1.165) is 5.56 Å². The molecule has 0 spiro atoms. The molecule has 0 radical (unpaired) electrons. The van der Waals surface area contributed by atoms with E-state index in [1.165, 1.54) is 0 Å². The highest BCUT2D eigenvalue weighted by Crippen LogP contribution is 2.41. The summed E-state index contributed by atoms with van der Waals surface area (Å²) in [6.45, 7) is 0. The Hall–Kier alpha value is -4.00. The lowest BCUT2D eigenvalue weighted by atomic mass is 9.83. The molecule has 0 bridgehead atoms. The summed E-state index contributed by atoms with van der Waals surface area (Å²) in [5, 5.41) is 3.01. The number of nitrogens with zero attached hydrogens (tertiary/aromatic N) is 1. The molecule has 34 heavy (non-hydrogen) atoms. The molecule has 1 N–H and O–H groups in total. The van der Waals surface area contributed by atoms with Gasteiger partial charge in [-0.3, -0.25) is 9.59 Å². The molecule has 0 aromatic heterocycles. The van der Waals surface area contributed by atoms with Gasteiger partial charge in [-0.05, 0) is 60.5 Å². The zero-order chi connectivity index (χ0) is 24.1. The Morgan fingerprint density at radius 2 is 1.47 bits per heavy atom. The quantitative estimate of drug-likeness (QED) is 0.546. The summed E-state index contributed by atoms with van der Waals surface area (Å²) >= 11 is 0. The Bertz CT molecular complexity index is 1140. The summed E-state index contributed by atoms with van der Waals surface area (Å²) in [5.41, 5.74) is 2.21. The average Bonchev–Trinajstić information content (AvgIpc) is 2.88. The molecule has 176 valence electrons. The van der Waals surface area contributed by atoms with E-state index < -0.39 is 12.0 Å². The number of carbonyl (C=O) groups is 2. The predicted molar refractivity (Wildman–Crippen MR) is 131 cm³/mol. The second-order valence-electron chi connectivity index (χ2n) is 8.05. The first kappa shape index (κ1) is 23.2. The van der Waals surface area contributed by atoms with Crippen molar-refractivity contribution in [2.45, 2.75) is 18.9 Å². The highest BCUT2D eigenvalue weighted by molar-refractivity contribution is 6.00. The third-order valence-corrected chi connectivity index (χ3v) is 6.08. The molecule has 0 saturated carbocycles. The van der Waals surface area contributed by atoms with Gasteiger partial charge in [0.15, 0.2) is 0 Å². The fourth-order valence-electron chi connectivity index (χ4n) is 4.33. The molecular formula is C27H28N2O5. The number of ether oxygens (including phenoxy) is 3. The Kier molecular flexibility index (Phi) is 7.01. The van der Waals surface area contributed by atoms with Gasteiger partial charge in [-0.15, -0.1) is 0 Å². The minimum atomic E-state index is -0.480. The van der Waals surface area contributed by atoms with Crippen LogP contribution in [0.5, 0.6) is 17.2 Å². The number of piperidine rings is 1.